The number of amides is 1. The Morgan fingerprint density at radius 2 is 1.92 bits per heavy atom. The molecule has 0 saturated carbocycles. The fourth-order valence-corrected chi connectivity index (χ4v) is 5.26. The number of benzene rings is 1. The van der Waals surface area contributed by atoms with E-state index in [4.69, 9.17) is 16.8 Å². The lowest BCUT2D eigenvalue weighted by molar-refractivity contribution is 0.0710. The molecule has 0 atom stereocenters. The van der Waals surface area contributed by atoms with Gasteiger partial charge in [0.25, 0.3) is 5.91 Å². The third-order valence-corrected chi connectivity index (χ3v) is 7.24. The van der Waals surface area contributed by atoms with Crippen molar-refractivity contribution >= 4 is 44.0 Å². The molecule has 1 saturated heterocycles. The van der Waals surface area contributed by atoms with Crippen LogP contribution in [0.3, 0.4) is 0 Å². The van der Waals surface area contributed by atoms with E-state index in [1.807, 2.05) is 4.90 Å². The van der Waals surface area contributed by atoms with E-state index in [-0.39, 0.29) is 27.9 Å². The number of sulfonamides is 1. The van der Waals surface area contributed by atoms with Crippen molar-refractivity contribution in [1.29, 1.82) is 0 Å². The van der Waals surface area contributed by atoms with E-state index in [1.165, 1.54) is 16.6 Å². The molecular weight excluding hydrogens is 388 g/mol. The van der Waals surface area contributed by atoms with Crippen molar-refractivity contribution in [3.63, 3.8) is 0 Å². The Bertz CT molecular complexity index is 878. The Hall–Kier alpha value is -1.72. The van der Waals surface area contributed by atoms with Crippen LogP contribution in [0.4, 0.5) is 5.13 Å². The monoisotopic (exact) mass is 402 g/mol. The lowest BCUT2D eigenvalue weighted by Crippen LogP contribution is -2.48. The molecule has 25 heavy (non-hydrogen) atoms. The molecule has 11 heteroatoms. The number of aromatic nitrogens is 1. The van der Waals surface area contributed by atoms with Crippen LogP contribution in [-0.2, 0) is 10.0 Å². The van der Waals surface area contributed by atoms with Gasteiger partial charge in [0.1, 0.15) is 9.77 Å². The third-order valence-electron chi connectivity index (χ3n) is 3.78. The summed E-state index contributed by atoms with van der Waals surface area (Å²) in [4.78, 5) is 17.8. The van der Waals surface area contributed by atoms with Crippen LogP contribution in [0.25, 0.3) is 0 Å². The molecule has 0 bridgehead atoms. The number of halogens is 1. The highest BCUT2D eigenvalue weighted by Crippen LogP contribution is 2.27. The molecular formula is C14H15ClN4O4S2. The first kappa shape index (κ1) is 18.1. The van der Waals surface area contributed by atoms with Gasteiger partial charge in [-0.05, 0) is 12.1 Å². The number of carbonyl (C=O) groups excluding carboxylic acids is 1. The van der Waals surface area contributed by atoms with E-state index in [1.54, 1.807) is 23.7 Å². The minimum absolute atomic E-state index is 0.0984. The summed E-state index contributed by atoms with van der Waals surface area (Å²) in [5, 5.41) is 9.45. The van der Waals surface area contributed by atoms with Crippen molar-refractivity contribution in [3.8, 4) is 0 Å². The standard InChI is InChI=1S/C14H15ClN4O4S2/c15-10-3-1-2-4-12(10)25(22,23)19-7-5-18(6-8-19)14-16-9-11(24-14)13(20)17-21/h1-4,9,21H,5-8H2,(H,17,20). The van der Waals surface area contributed by atoms with Crippen molar-refractivity contribution in [1.82, 2.24) is 14.8 Å². The molecule has 1 aliphatic rings. The molecule has 1 aliphatic heterocycles. The summed E-state index contributed by atoms with van der Waals surface area (Å²) in [6.45, 7) is 1.46. The molecule has 2 aromatic rings. The number of hydrogen-bond acceptors (Lipinski definition) is 7. The van der Waals surface area contributed by atoms with Crippen LogP contribution in [0.5, 0.6) is 0 Å². The predicted molar refractivity (Wildman–Crippen MR) is 93.8 cm³/mol. The topological polar surface area (TPSA) is 103 Å². The molecule has 1 aromatic heterocycles. The number of carbonyl (C=O) groups is 1. The fraction of sp³-hybridized carbons (Fsp3) is 0.286. The largest absolute Gasteiger partial charge is 0.345 e. The normalized spacial score (nSPS) is 16.0. The van der Waals surface area contributed by atoms with Crippen LogP contribution in [-0.4, -0.2) is 55.0 Å². The Balaban J connectivity index is 1.70. The molecule has 134 valence electrons. The van der Waals surface area contributed by atoms with Gasteiger partial charge in [-0.15, -0.1) is 0 Å². The van der Waals surface area contributed by atoms with Crippen molar-refractivity contribution in [2.24, 2.45) is 0 Å². The van der Waals surface area contributed by atoms with Crippen molar-refractivity contribution < 1.29 is 18.4 Å². The molecule has 8 nitrogen and oxygen atoms in total. The summed E-state index contributed by atoms with van der Waals surface area (Å²) in [6.07, 6.45) is 1.37. The van der Waals surface area contributed by atoms with Crippen LogP contribution in [0.1, 0.15) is 9.67 Å². The average Bonchev–Trinajstić information content (AvgIpc) is 3.11. The van der Waals surface area contributed by atoms with Crippen molar-refractivity contribution in [2.75, 3.05) is 31.1 Å². The second-order valence-corrected chi connectivity index (χ2v) is 8.59. The maximum atomic E-state index is 12.7. The summed E-state index contributed by atoms with van der Waals surface area (Å²) in [6, 6.07) is 6.36. The molecule has 0 unspecified atom stereocenters. The Morgan fingerprint density at radius 3 is 2.56 bits per heavy atom. The van der Waals surface area contributed by atoms with E-state index in [2.05, 4.69) is 4.98 Å². The van der Waals surface area contributed by atoms with E-state index in [0.717, 1.165) is 11.3 Å². The van der Waals surface area contributed by atoms with Gasteiger partial charge in [-0.2, -0.15) is 4.31 Å². The summed E-state index contributed by atoms with van der Waals surface area (Å²) in [5.74, 6) is -0.622. The predicted octanol–water partition coefficient (Wildman–Crippen LogP) is 1.43. The number of rotatable bonds is 4. The molecule has 2 heterocycles. The van der Waals surface area contributed by atoms with Gasteiger partial charge in [0.2, 0.25) is 10.0 Å². The highest BCUT2D eigenvalue weighted by atomic mass is 35.5. The van der Waals surface area contributed by atoms with Gasteiger partial charge in [-0.3, -0.25) is 10.0 Å². The molecule has 1 amide bonds. The summed E-state index contributed by atoms with van der Waals surface area (Å²) in [5.41, 5.74) is 1.56. The lowest BCUT2D eigenvalue weighted by Gasteiger charge is -2.33. The van der Waals surface area contributed by atoms with E-state index in [0.29, 0.717) is 18.2 Å². The van der Waals surface area contributed by atoms with Crippen LogP contribution in [0.2, 0.25) is 5.02 Å². The van der Waals surface area contributed by atoms with Crippen molar-refractivity contribution in [3.05, 3.63) is 40.4 Å². The first-order chi connectivity index (χ1) is 11.9. The zero-order valence-electron chi connectivity index (χ0n) is 12.9. The van der Waals surface area contributed by atoms with Crippen LogP contribution >= 0.6 is 22.9 Å². The first-order valence-electron chi connectivity index (χ1n) is 7.33. The highest BCUT2D eigenvalue weighted by Gasteiger charge is 2.30. The smallest absolute Gasteiger partial charge is 0.286 e. The average molecular weight is 403 g/mol. The Morgan fingerprint density at radius 1 is 1.24 bits per heavy atom. The lowest BCUT2D eigenvalue weighted by atomic mass is 10.4. The number of nitrogens with one attached hydrogen (secondary N) is 1. The summed E-state index contributed by atoms with van der Waals surface area (Å²) in [7, 11) is -3.65. The molecule has 3 rings (SSSR count). The number of hydrogen-bond donors (Lipinski definition) is 2. The van der Waals surface area contributed by atoms with Crippen LogP contribution in [0.15, 0.2) is 35.4 Å². The minimum Gasteiger partial charge on any atom is -0.345 e. The molecule has 0 radical (unpaired) electrons. The van der Waals surface area contributed by atoms with Crippen LogP contribution in [0, 0.1) is 0 Å². The van der Waals surface area contributed by atoms with Gasteiger partial charge in [-0.1, -0.05) is 35.1 Å². The molecule has 0 spiro atoms. The van der Waals surface area contributed by atoms with E-state index >= 15 is 0 Å². The summed E-state index contributed by atoms with van der Waals surface area (Å²) >= 11 is 7.15. The number of anilines is 1. The van der Waals surface area contributed by atoms with Crippen LogP contribution < -0.4 is 10.4 Å². The zero-order chi connectivity index (χ0) is 18.0. The fourth-order valence-electron chi connectivity index (χ4n) is 2.48. The third kappa shape index (κ3) is 3.62. The minimum atomic E-state index is -3.65. The molecule has 1 fully saturated rings. The van der Waals surface area contributed by atoms with Gasteiger partial charge < -0.3 is 4.90 Å². The number of piperazine rings is 1. The van der Waals surface area contributed by atoms with E-state index < -0.39 is 15.9 Å². The van der Waals surface area contributed by atoms with Gasteiger partial charge >= 0.3 is 0 Å². The Kier molecular flexibility index (Phi) is 5.25. The molecule has 1 aromatic carbocycles. The number of thiazole rings is 1. The zero-order valence-corrected chi connectivity index (χ0v) is 15.3. The maximum Gasteiger partial charge on any atom is 0.286 e. The van der Waals surface area contributed by atoms with Gasteiger partial charge in [0.15, 0.2) is 5.13 Å². The first-order valence-corrected chi connectivity index (χ1v) is 9.97. The van der Waals surface area contributed by atoms with Gasteiger partial charge in [-0.25, -0.2) is 18.9 Å². The molecule has 2 N–H and O–H groups in total. The second-order valence-electron chi connectivity index (χ2n) is 5.27. The second kappa shape index (κ2) is 7.26. The SMILES string of the molecule is O=C(NO)c1cnc(N2CCN(S(=O)(=O)c3ccccc3Cl)CC2)s1. The van der Waals surface area contributed by atoms with Crippen molar-refractivity contribution in [2.45, 2.75) is 4.90 Å². The highest BCUT2D eigenvalue weighted by molar-refractivity contribution is 7.89. The number of hydroxylamine groups is 1. The maximum absolute atomic E-state index is 12.7. The number of nitrogens with zero attached hydrogens (tertiary/aromatic N) is 3. The van der Waals surface area contributed by atoms with Gasteiger partial charge in [0.05, 0.1) is 11.2 Å². The summed E-state index contributed by atoms with van der Waals surface area (Å²) < 4.78 is 26.8. The van der Waals surface area contributed by atoms with Gasteiger partial charge in [0, 0.05) is 26.2 Å². The van der Waals surface area contributed by atoms with E-state index in [9.17, 15) is 13.2 Å². The molecule has 0 aliphatic carbocycles. The Labute approximate surface area is 153 Å². The quantitative estimate of drug-likeness (QED) is 0.592.